The molecule has 1 aliphatic rings. The average Bonchev–Trinajstić information content (AvgIpc) is 3.04. The molecule has 0 aromatic heterocycles. The van der Waals surface area contributed by atoms with E-state index in [0.29, 0.717) is 17.7 Å². The van der Waals surface area contributed by atoms with Crippen LogP contribution in [0.25, 0.3) is 0 Å². The Bertz CT molecular complexity index is 391. The molecule has 0 saturated heterocycles. The third-order valence-corrected chi connectivity index (χ3v) is 2.63. The zero-order valence-corrected chi connectivity index (χ0v) is 8.46. The highest BCUT2D eigenvalue weighted by atomic mass is 19.1. The average molecular weight is 204 g/mol. The van der Waals surface area contributed by atoms with Gasteiger partial charge >= 0.3 is 0 Å². The van der Waals surface area contributed by atoms with Gasteiger partial charge in [-0.05, 0) is 37.4 Å². The van der Waals surface area contributed by atoms with E-state index in [-0.39, 0.29) is 5.82 Å². The van der Waals surface area contributed by atoms with E-state index in [9.17, 15) is 4.39 Å². The van der Waals surface area contributed by atoms with Crippen molar-refractivity contribution >= 4 is 0 Å². The molecule has 1 aromatic rings. The number of rotatable bonds is 4. The molecule has 15 heavy (non-hydrogen) atoms. The molecule has 2 rings (SSSR count). The highest BCUT2D eigenvalue weighted by molar-refractivity contribution is 5.32. The van der Waals surface area contributed by atoms with Gasteiger partial charge in [-0.2, -0.15) is 5.26 Å². The Labute approximate surface area is 88.7 Å². The second-order valence-corrected chi connectivity index (χ2v) is 3.99. The maximum absolute atomic E-state index is 13.4. The van der Waals surface area contributed by atoms with Crippen molar-refractivity contribution in [3.8, 4) is 6.07 Å². The van der Waals surface area contributed by atoms with Crippen LogP contribution in [0, 0.1) is 23.1 Å². The molecule has 0 atom stereocenters. The van der Waals surface area contributed by atoms with Crippen molar-refractivity contribution in [1.82, 2.24) is 5.32 Å². The van der Waals surface area contributed by atoms with Gasteiger partial charge in [-0.3, -0.25) is 0 Å². The highest BCUT2D eigenvalue weighted by Crippen LogP contribution is 2.27. The lowest BCUT2D eigenvalue weighted by Gasteiger charge is -2.05. The lowest BCUT2D eigenvalue weighted by Crippen LogP contribution is -2.16. The standard InChI is InChI=1S/C12H13FN2/c13-12-5-10(6-14)3-4-11(12)8-15-7-9-1-2-9/h3-5,9,15H,1-2,7-8H2. The highest BCUT2D eigenvalue weighted by Gasteiger charge is 2.20. The molecule has 0 radical (unpaired) electrons. The molecule has 0 amide bonds. The second-order valence-electron chi connectivity index (χ2n) is 3.99. The first-order chi connectivity index (χ1) is 7.29. The van der Waals surface area contributed by atoms with Crippen molar-refractivity contribution in [1.29, 1.82) is 5.26 Å². The fourth-order valence-corrected chi connectivity index (χ4v) is 1.49. The van der Waals surface area contributed by atoms with Gasteiger partial charge in [0, 0.05) is 12.1 Å². The van der Waals surface area contributed by atoms with Crippen molar-refractivity contribution in [3.63, 3.8) is 0 Å². The van der Waals surface area contributed by atoms with E-state index in [2.05, 4.69) is 5.32 Å². The molecular formula is C12H13FN2. The fraction of sp³-hybridized carbons (Fsp3) is 0.417. The Kier molecular flexibility index (Phi) is 2.98. The van der Waals surface area contributed by atoms with E-state index in [1.165, 1.54) is 18.9 Å². The Morgan fingerprint density at radius 2 is 2.27 bits per heavy atom. The molecule has 0 aliphatic heterocycles. The van der Waals surface area contributed by atoms with Crippen LogP contribution in [0.5, 0.6) is 0 Å². The molecule has 1 fully saturated rings. The predicted octanol–water partition coefficient (Wildman–Crippen LogP) is 2.20. The summed E-state index contributed by atoms with van der Waals surface area (Å²) in [5.74, 6) is 0.504. The van der Waals surface area contributed by atoms with E-state index in [0.717, 1.165) is 12.5 Å². The third-order valence-electron chi connectivity index (χ3n) is 2.63. The number of benzene rings is 1. The summed E-state index contributed by atoms with van der Waals surface area (Å²) in [6.07, 6.45) is 2.59. The molecule has 2 nitrogen and oxygen atoms in total. The molecule has 0 heterocycles. The van der Waals surface area contributed by atoms with Gasteiger partial charge in [-0.1, -0.05) is 6.07 Å². The molecule has 0 bridgehead atoms. The van der Waals surface area contributed by atoms with Crippen LogP contribution in [0.4, 0.5) is 4.39 Å². The molecule has 1 saturated carbocycles. The quantitative estimate of drug-likeness (QED) is 0.816. The van der Waals surface area contributed by atoms with Crippen molar-refractivity contribution in [2.45, 2.75) is 19.4 Å². The van der Waals surface area contributed by atoms with Gasteiger partial charge in [0.1, 0.15) is 5.82 Å². The van der Waals surface area contributed by atoms with E-state index in [1.807, 2.05) is 6.07 Å². The van der Waals surface area contributed by atoms with E-state index >= 15 is 0 Å². The summed E-state index contributed by atoms with van der Waals surface area (Å²) < 4.78 is 13.4. The summed E-state index contributed by atoms with van der Waals surface area (Å²) in [7, 11) is 0. The van der Waals surface area contributed by atoms with Gasteiger partial charge in [-0.25, -0.2) is 4.39 Å². The van der Waals surface area contributed by atoms with Crippen LogP contribution in [0.2, 0.25) is 0 Å². The number of nitrogens with one attached hydrogen (secondary N) is 1. The summed E-state index contributed by atoms with van der Waals surface area (Å²) in [4.78, 5) is 0. The van der Waals surface area contributed by atoms with Crippen molar-refractivity contribution in [2.75, 3.05) is 6.54 Å². The number of hydrogen-bond donors (Lipinski definition) is 1. The third kappa shape index (κ3) is 2.77. The normalized spacial score (nSPS) is 14.9. The summed E-state index contributed by atoms with van der Waals surface area (Å²) in [6.45, 7) is 1.52. The van der Waals surface area contributed by atoms with Crippen molar-refractivity contribution in [3.05, 3.63) is 35.1 Å². The minimum atomic E-state index is -0.294. The smallest absolute Gasteiger partial charge is 0.129 e. The Hall–Kier alpha value is -1.40. The molecular weight excluding hydrogens is 191 g/mol. The zero-order valence-electron chi connectivity index (χ0n) is 8.46. The van der Waals surface area contributed by atoms with Gasteiger partial charge in [0.25, 0.3) is 0 Å². The summed E-state index contributed by atoms with van der Waals surface area (Å²) in [5.41, 5.74) is 1.01. The fourth-order valence-electron chi connectivity index (χ4n) is 1.49. The number of nitriles is 1. The minimum Gasteiger partial charge on any atom is -0.312 e. The van der Waals surface area contributed by atoms with Gasteiger partial charge in [0.2, 0.25) is 0 Å². The molecule has 0 spiro atoms. The topological polar surface area (TPSA) is 35.8 Å². The number of nitrogens with zero attached hydrogens (tertiary/aromatic N) is 1. The first-order valence-corrected chi connectivity index (χ1v) is 5.19. The van der Waals surface area contributed by atoms with Crippen LogP contribution in [-0.2, 0) is 6.54 Å². The lowest BCUT2D eigenvalue weighted by molar-refractivity contribution is 0.577. The van der Waals surface area contributed by atoms with Crippen LogP contribution in [0.3, 0.4) is 0 Å². The van der Waals surface area contributed by atoms with Crippen molar-refractivity contribution < 1.29 is 4.39 Å². The maximum atomic E-state index is 13.4. The Morgan fingerprint density at radius 3 is 2.87 bits per heavy atom. The second kappa shape index (κ2) is 4.41. The predicted molar refractivity (Wildman–Crippen MR) is 55.5 cm³/mol. The summed E-state index contributed by atoms with van der Waals surface area (Å²) >= 11 is 0. The van der Waals surface area contributed by atoms with E-state index in [4.69, 9.17) is 5.26 Å². The monoisotopic (exact) mass is 204 g/mol. The van der Waals surface area contributed by atoms with Crippen LogP contribution in [0.1, 0.15) is 24.0 Å². The van der Waals surface area contributed by atoms with Gasteiger partial charge in [0.15, 0.2) is 0 Å². The molecule has 3 heteroatoms. The number of hydrogen-bond acceptors (Lipinski definition) is 2. The summed E-state index contributed by atoms with van der Waals surface area (Å²) in [6, 6.07) is 6.53. The molecule has 1 N–H and O–H groups in total. The van der Waals surface area contributed by atoms with Crippen LogP contribution >= 0.6 is 0 Å². The van der Waals surface area contributed by atoms with Gasteiger partial charge in [0.05, 0.1) is 11.6 Å². The van der Waals surface area contributed by atoms with Crippen LogP contribution < -0.4 is 5.32 Å². The lowest BCUT2D eigenvalue weighted by atomic mass is 10.1. The van der Waals surface area contributed by atoms with Gasteiger partial charge in [-0.15, -0.1) is 0 Å². The molecule has 1 aliphatic carbocycles. The summed E-state index contributed by atoms with van der Waals surface area (Å²) in [5, 5.41) is 11.8. The van der Waals surface area contributed by atoms with E-state index < -0.39 is 0 Å². The molecule has 1 aromatic carbocycles. The number of halogens is 1. The zero-order chi connectivity index (χ0) is 10.7. The Balaban J connectivity index is 1.92. The first kappa shape index (κ1) is 10.1. The molecule has 78 valence electrons. The maximum Gasteiger partial charge on any atom is 0.129 e. The van der Waals surface area contributed by atoms with Gasteiger partial charge < -0.3 is 5.32 Å². The SMILES string of the molecule is N#Cc1ccc(CNCC2CC2)c(F)c1. The molecule has 0 unspecified atom stereocenters. The first-order valence-electron chi connectivity index (χ1n) is 5.19. The van der Waals surface area contributed by atoms with Crippen molar-refractivity contribution in [2.24, 2.45) is 5.92 Å². The van der Waals surface area contributed by atoms with E-state index in [1.54, 1.807) is 12.1 Å². The Morgan fingerprint density at radius 1 is 1.47 bits per heavy atom. The largest absolute Gasteiger partial charge is 0.312 e. The van der Waals surface area contributed by atoms with Crippen LogP contribution in [0.15, 0.2) is 18.2 Å². The van der Waals surface area contributed by atoms with Crippen LogP contribution in [-0.4, -0.2) is 6.54 Å². The minimum absolute atomic E-state index is 0.294.